The number of nitrogens with zero attached hydrogens (tertiary/aromatic N) is 1. The smallest absolute Gasteiger partial charge is 0.407 e. The number of sulfone groups is 1. The number of alkyl carbamates (subject to hydrolysis) is 1. The van der Waals surface area contributed by atoms with Crippen LogP contribution >= 0.6 is 0 Å². The molecule has 1 aromatic carbocycles. The number of nitrogens with two attached hydrogens (primary N) is 1. The fourth-order valence-electron chi connectivity index (χ4n) is 2.37. The van der Waals surface area contributed by atoms with E-state index in [4.69, 9.17) is 5.73 Å². The van der Waals surface area contributed by atoms with Crippen LogP contribution in [0.3, 0.4) is 0 Å². The molecule has 1 aliphatic heterocycles. The van der Waals surface area contributed by atoms with Gasteiger partial charge >= 0.3 is 6.09 Å². The summed E-state index contributed by atoms with van der Waals surface area (Å²) in [6.07, 6.45) is 1.47. The summed E-state index contributed by atoms with van der Waals surface area (Å²) in [6, 6.07) is 4.70. The second-order valence-electron chi connectivity index (χ2n) is 5.06. The number of carbonyl (C=O) groups is 1. The van der Waals surface area contributed by atoms with Crippen molar-refractivity contribution >= 4 is 27.3 Å². The molecule has 21 heavy (non-hydrogen) atoms. The van der Waals surface area contributed by atoms with E-state index in [2.05, 4.69) is 10.1 Å². The number of benzene rings is 1. The normalized spacial score (nSPS) is 18.6. The highest BCUT2D eigenvalue weighted by atomic mass is 32.2. The SMILES string of the molecule is COC(=O)NC1CCN(c2ccc(S(C)(=O)=O)cc2N)C1. The minimum atomic E-state index is -3.27. The van der Waals surface area contributed by atoms with Crippen LogP contribution in [0.15, 0.2) is 23.1 Å². The fraction of sp³-hybridized carbons (Fsp3) is 0.462. The number of rotatable bonds is 3. The molecule has 0 saturated carbocycles. The molecule has 116 valence electrons. The molecule has 0 spiro atoms. The Kier molecular flexibility index (Phi) is 4.26. The van der Waals surface area contributed by atoms with E-state index in [1.165, 1.54) is 13.2 Å². The molecule has 1 unspecified atom stereocenters. The molecule has 0 aromatic heterocycles. The molecule has 1 aromatic rings. The minimum Gasteiger partial charge on any atom is -0.453 e. The Hall–Kier alpha value is -1.96. The molecular weight excluding hydrogens is 294 g/mol. The summed E-state index contributed by atoms with van der Waals surface area (Å²) >= 11 is 0. The molecule has 7 nitrogen and oxygen atoms in total. The van der Waals surface area contributed by atoms with Gasteiger partial charge < -0.3 is 20.7 Å². The quantitative estimate of drug-likeness (QED) is 0.793. The number of ether oxygens (including phenoxy) is 1. The van der Waals surface area contributed by atoms with Crippen molar-refractivity contribution in [3.05, 3.63) is 18.2 Å². The van der Waals surface area contributed by atoms with Gasteiger partial charge in [0.25, 0.3) is 0 Å². The van der Waals surface area contributed by atoms with Crippen LogP contribution in [-0.4, -0.2) is 47.0 Å². The van der Waals surface area contributed by atoms with E-state index < -0.39 is 15.9 Å². The van der Waals surface area contributed by atoms with Gasteiger partial charge in [-0.25, -0.2) is 13.2 Å². The molecule has 1 atom stereocenters. The van der Waals surface area contributed by atoms with Crippen LogP contribution < -0.4 is 16.0 Å². The first-order valence-electron chi connectivity index (χ1n) is 6.50. The maximum absolute atomic E-state index is 11.5. The zero-order valence-corrected chi connectivity index (χ0v) is 12.8. The first kappa shape index (κ1) is 15.4. The molecule has 1 amide bonds. The number of methoxy groups -OCH3 is 1. The van der Waals surface area contributed by atoms with E-state index in [-0.39, 0.29) is 10.9 Å². The maximum Gasteiger partial charge on any atom is 0.407 e. The van der Waals surface area contributed by atoms with Crippen LogP contribution in [0.1, 0.15) is 6.42 Å². The summed E-state index contributed by atoms with van der Waals surface area (Å²) in [5, 5.41) is 2.74. The number of anilines is 2. The molecule has 1 heterocycles. The van der Waals surface area contributed by atoms with Crippen molar-refractivity contribution in [2.45, 2.75) is 17.4 Å². The van der Waals surface area contributed by atoms with Gasteiger partial charge in [0.15, 0.2) is 9.84 Å². The Morgan fingerprint density at radius 2 is 2.19 bits per heavy atom. The van der Waals surface area contributed by atoms with Gasteiger partial charge in [0, 0.05) is 19.3 Å². The third kappa shape index (κ3) is 3.57. The lowest BCUT2D eigenvalue weighted by molar-refractivity contribution is 0.167. The summed E-state index contributed by atoms with van der Waals surface area (Å²) in [6.45, 7) is 1.34. The van der Waals surface area contributed by atoms with Gasteiger partial charge in [0.2, 0.25) is 0 Å². The first-order valence-corrected chi connectivity index (χ1v) is 8.39. The van der Waals surface area contributed by atoms with Gasteiger partial charge in [-0.3, -0.25) is 0 Å². The lowest BCUT2D eigenvalue weighted by atomic mass is 10.2. The molecule has 0 radical (unpaired) electrons. The molecular formula is C13H19N3O4S. The molecule has 3 N–H and O–H groups in total. The maximum atomic E-state index is 11.5. The van der Waals surface area contributed by atoms with Crippen molar-refractivity contribution in [3.63, 3.8) is 0 Å². The average molecular weight is 313 g/mol. The zero-order valence-electron chi connectivity index (χ0n) is 12.0. The van der Waals surface area contributed by atoms with Crippen LogP contribution in [0, 0.1) is 0 Å². The average Bonchev–Trinajstić information content (AvgIpc) is 2.85. The summed E-state index contributed by atoms with van der Waals surface area (Å²) in [7, 11) is -1.94. The van der Waals surface area contributed by atoms with Crippen LogP contribution in [0.2, 0.25) is 0 Å². The zero-order chi connectivity index (χ0) is 15.6. The molecule has 8 heteroatoms. The van der Waals surface area contributed by atoms with Crippen molar-refractivity contribution in [1.29, 1.82) is 0 Å². The third-order valence-corrected chi connectivity index (χ3v) is 4.57. The van der Waals surface area contributed by atoms with Gasteiger partial charge in [0.05, 0.1) is 29.4 Å². The second kappa shape index (κ2) is 5.80. The summed E-state index contributed by atoms with van der Waals surface area (Å²) in [5.41, 5.74) is 7.14. The number of nitrogens with one attached hydrogen (secondary N) is 1. The monoisotopic (exact) mass is 313 g/mol. The van der Waals surface area contributed by atoms with Gasteiger partial charge in [-0.15, -0.1) is 0 Å². The van der Waals surface area contributed by atoms with Crippen molar-refractivity contribution in [1.82, 2.24) is 5.32 Å². The van der Waals surface area contributed by atoms with E-state index >= 15 is 0 Å². The van der Waals surface area contributed by atoms with E-state index in [1.807, 2.05) is 4.90 Å². The number of hydrogen-bond donors (Lipinski definition) is 2. The molecule has 1 aliphatic rings. The topological polar surface area (TPSA) is 102 Å². The van der Waals surface area contributed by atoms with Crippen molar-refractivity contribution in [2.75, 3.05) is 37.1 Å². The van der Waals surface area contributed by atoms with E-state index in [9.17, 15) is 13.2 Å². The Morgan fingerprint density at radius 1 is 1.48 bits per heavy atom. The van der Waals surface area contributed by atoms with Crippen molar-refractivity contribution in [3.8, 4) is 0 Å². The lowest BCUT2D eigenvalue weighted by Gasteiger charge is -2.21. The van der Waals surface area contributed by atoms with Crippen LogP contribution in [-0.2, 0) is 14.6 Å². The van der Waals surface area contributed by atoms with Crippen LogP contribution in [0.25, 0.3) is 0 Å². The Labute approximate surface area is 124 Å². The van der Waals surface area contributed by atoms with Crippen molar-refractivity contribution < 1.29 is 17.9 Å². The van der Waals surface area contributed by atoms with E-state index in [1.54, 1.807) is 12.1 Å². The van der Waals surface area contributed by atoms with Crippen molar-refractivity contribution in [2.24, 2.45) is 0 Å². The Balaban J connectivity index is 2.12. The fourth-order valence-corrected chi connectivity index (χ4v) is 3.03. The first-order chi connectivity index (χ1) is 9.81. The highest BCUT2D eigenvalue weighted by Gasteiger charge is 2.25. The predicted octanol–water partition coefficient (Wildman–Crippen LogP) is 0.607. The van der Waals surface area contributed by atoms with Gasteiger partial charge in [-0.2, -0.15) is 0 Å². The molecule has 0 bridgehead atoms. The number of carbonyl (C=O) groups excluding carboxylic acids is 1. The van der Waals surface area contributed by atoms with Crippen LogP contribution in [0.5, 0.6) is 0 Å². The number of amides is 1. The predicted molar refractivity (Wildman–Crippen MR) is 80.1 cm³/mol. The largest absolute Gasteiger partial charge is 0.453 e. The molecule has 0 aliphatic carbocycles. The second-order valence-corrected chi connectivity index (χ2v) is 7.08. The minimum absolute atomic E-state index is 0.00793. The highest BCUT2D eigenvalue weighted by molar-refractivity contribution is 7.90. The lowest BCUT2D eigenvalue weighted by Crippen LogP contribution is -2.37. The summed E-state index contributed by atoms with van der Waals surface area (Å²) in [4.78, 5) is 13.4. The Bertz CT molecular complexity index is 645. The summed E-state index contributed by atoms with van der Waals surface area (Å²) < 4.78 is 27.6. The number of nitrogen functional groups attached to an aromatic ring is 1. The van der Waals surface area contributed by atoms with Gasteiger partial charge in [-0.1, -0.05) is 0 Å². The molecule has 1 saturated heterocycles. The highest BCUT2D eigenvalue weighted by Crippen LogP contribution is 2.29. The van der Waals surface area contributed by atoms with Gasteiger partial charge in [0.1, 0.15) is 0 Å². The Morgan fingerprint density at radius 3 is 2.76 bits per heavy atom. The third-order valence-electron chi connectivity index (χ3n) is 3.46. The van der Waals surface area contributed by atoms with Crippen LogP contribution in [0.4, 0.5) is 16.2 Å². The van der Waals surface area contributed by atoms with Gasteiger partial charge in [-0.05, 0) is 24.6 Å². The number of hydrogen-bond acceptors (Lipinski definition) is 6. The standard InChI is InChI=1S/C13H19N3O4S/c1-20-13(17)15-9-5-6-16(8-9)12-4-3-10(7-11(12)14)21(2,18)19/h3-4,7,9H,5-6,8,14H2,1-2H3,(H,15,17). The molecule has 2 rings (SSSR count). The molecule has 1 fully saturated rings. The van der Waals surface area contributed by atoms with E-state index in [0.717, 1.165) is 24.9 Å². The summed E-state index contributed by atoms with van der Waals surface area (Å²) in [5.74, 6) is 0. The van der Waals surface area contributed by atoms with E-state index in [0.29, 0.717) is 12.2 Å².